The zero-order valence-corrected chi connectivity index (χ0v) is 19.7. The summed E-state index contributed by atoms with van der Waals surface area (Å²) in [5.74, 6) is -1.10. The number of benzene rings is 1. The van der Waals surface area contributed by atoms with Gasteiger partial charge in [0.15, 0.2) is 11.6 Å². The van der Waals surface area contributed by atoms with Gasteiger partial charge in [-0.1, -0.05) is 0 Å². The molecule has 11 heteroatoms. The molecule has 3 aromatic rings. The Hall–Kier alpha value is -4.30. The minimum Gasteiger partial charge on any atom is -0.482 e. The van der Waals surface area contributed by atoms with Crippen LogP contribution in [0.5, 0.6) is 5.75 Å². The van der Waals surface area contributed by atoms with Crippen LogP contribution in [0.25, 0.3) is 11.1 Å². The van der Waals surface area contributed by atoms with E-state index in [2.05, 4.69) is 21.5 Å². The Labute approximate surface area is 201 Å². The predicted octanol–water partition coefficient (Wildman–Crippen LogP) is 2.50. The van der Waals surface area contributed by atoms with Gasteiger partial charge in [0.05, 0.1) is 18.3 Å². The first-order chi connectivity index (χ1) is 16.6. The number of hydrogen-bond acceptors (Lipinski definition) is 7. The molecule has 0 saturated carbocycles. The van der Waals surface area contributed by atoms with E-state index in [0.717, 1.165) is 0 Å². The highest BCUT2D eigenvalue weighted by atomic mass is 19.1. The van der Waals surface area contributed by atoms with E-state index in [1.807, 2.05) is 0 Å². The van der Waals surface area contributed by atoms with Gasteiger partial charge in [-0.25, -0.2) is 9.37 Å². The van der Waals surface area contributed by atoms with E-state index in [1.54, 1.807) is 27.1 Å². The van der Waals surface area contributed by atoms with Gasteiger partial charge in [0.2, 0.25) is 5.91 Å². The van der Waals surface area contributed by atoms with Crippen LogP contribution in [0, 0.1) is 17.1 Å². The second-order valence-electron chi connectivity index (χ2n) is 8.41. The number of fused-ring (bicyclic) bond motifs is 5. The molecule has 0 spiro atoms. The molecule has 35 heavy (non-hydrogen) atoms. The van der Waals surface area contributed by atoms with Gasteiger partial charge in [-0.3, -0.25) is 14.3 Å². The topological polar surface area (TPSA) is 139 Å². The van der Waals surface area contributed by atoms with Crippen molar-refractivity contribution < 1.29 is 18.7 Å². The van der Waals surface area contributed by atoms with E-state index in [1.165, 1.54) is 40.9 Å². The lowest BCUT2D eigenvalue weighted by Gasteiger charge is -2.24. The average molecular weight is 478 g/mol. The highest BCUT2D eigenvalue weighted by Gasteiger charge is 2.27. The van der Waals surface area contributed by atoms with E-state index in [0.29, 0.717) is 22.4 Å². The third kappa shape index (κ3) is 4.43. The van der Waals surface area contributed by atoms with Crippen LogP contribution in [-0.4, -0.2) is 44.6 Å². The molecule has 3 heterocycles. The van der Waals surface area contributed by atoms with Crippen LogP contribution >= 0.6 is 0 Å². The number of hydrogen-bond donors (Lipinski definition) is 2. The van der Waals surface area contributed by atoms with Crippen LogP contribution in [0.15, 0.2) is 30.5 Å². The number of aromatic nitrogens is 3. The van der Waals surface area contributed by atoms with E-state index in [4.69, 9.17) is 10.5 Å². The standard InChI is InChI=1S/C24H24FN7O3/c1-12(27)23(33)29-22-20-7-14(10-28-22)21-18(30-32(4)19(21)9-26)11-31(3)24(34)16-6-5-15(25)8-17(16)13(2)35-20/h5-8,10,12-13H,11,27H2,1-4H3,(H,28,29,33)/t12-,13-/m1/s1. The molecule has 2 aromatic heterocycles. The molecule has 180 valence electrons. The minimum absolute atomic E-state index is 0.0915. The maximum Gasteiger partial charge on any atom is 0.254 e. The molecule has 3 N–H and O–H groups in total. The summed E-state index contributed by atoms with van der Waals surface area (Å²) in [6, 6.07) is 6.83. The summed E-state index contributed by atoms with van der Waals surface area (Å²) >= 11 is 0. The molecule has 2 amide bonds. The van der Waals surface area contributed by atoms with Gasteiger partial charge in [0, 0.05) is 42.5 Å². The maximum atomic E-state index is 14.2. The molecule has 2 atom stereocenters. The van der Waals surface area contributed by atoms with Crippen molar-refractivity contribution in [3.05, 3.63) is 58.8 Å². The zero-order chi connectivity index (χ0) is 25.4. The Kier molecular flexibility index (Phi) is 6.24. The first-order valence-corrected chi connectivity index (χ1v) is 10.8. The van der Waals surface area contributed by atoms with Crippen molar-refractivity contribution in [3.8, 4) is 22.9 Å². The summed E-state index contributed by atoms with van der Waals surface area (Å²) in [6.07, 6.45) is 0.695. The number of nitrogens with zero attached hydrogens (tertiary/aromatic N) is 5. The van der Waals surface area contributed by atoms with Gasteiger partial charge in [0.25, 0.3) is 5.91 Å². The number of ether oxygens (including phenoxy) is 1. The van der Waals surface area contributed by atoms with Crippen LogP contribution in [0.3, 0.4) is 0 Å². The molecule has 0 fully saturated rings. The molecule has 1 aromatic carbocycles. The third-order valence-electron chi connectivity index (χ3n) is 5.74. The molecule has 4 rings (SSSR count). The highest BCUT2D eigenvalue weighted by molar-refractivity contribution is 5.96. The lowest BCUT2D eigenvalue weighted by atomic mass is 10.00. The first kappa shape index (κ1) is 23.8. The molecular formula is C24H24FN7O3. The summed E-state index contributed by atoms with van der Waals surface area (Å²) in [4.78, 5) is 31.4. The third-order valence-corrected chi connectivity index (χ3v) is 5.74. The quantitative estimate of drug-likeness (QED) is 0.578. The van der Waals surface area contributed by atoms with Crippen molar-refractivity contribution in [3.63, 3.8) is 0 Å². The number of pyridine rings is 1. The van der Waals surface area contributed by atoms with Crippen LogP contribution in [0.2, 0.25) is 0 Å². The van der Waals surface area contributed by atoms with Crippen LogP contribution < -0.4 is 15.8 Å². The van der Waals surface area contributed by atoms with Crippen molar-refractivity contribution in [2.75, 3.05) is 12.4 Å². The van der Waals surface area contributed by atoms with E-state index < -0.39 is 23.9 Å². The number of anilines is 1. The summed E-state index contributed by atoms with van der Waals surface area (Å²) in [7, 11) is 3.24. The molecule has 0 saturated heterocycles. The van der Waals surface area contributed by atoms with Crippen molar-refractivity contribution in [1.82, 2.24) is 19.7 Å². The van der Waals surface area contributed by atoms with Crippen molar-refractivity contribution in [2.24, 2.45) is 12.8 Å². The molecule has 0 radical (unpaired) electrons. The molecule has 2 bridgehead atoms. The lowest BCUT2D eigenvalue weighted by Crippen LogP contribution is -2.33. The smallest absolute Gasteiger partial charge is 0.254 e. The number of halogens is 1. The van der Waals surface area contributed by atoms with Gasteiger partial charge >= 0.3 is 0 Å². The lowest BCUT2D eigenvalue weighted by molar-refractivity contribution is -0.117. The van der Waals surface area contributed by atoms with Gasteiger partial charge in [-0.15, -0.1) is 0 Å². The minimum atomic E-state index is -0.801. The maximum absolute atomic E-state index is 14.2. The normalized spacial score (nSPS) is 16.1. The largest absolute Gasteiger partial charge is 0.482 e. The first-order valence-electron chi connectivity index (χ1n) is 10.8. The van der Waals surface area contributed by atoms with Gasteiger partial charge in [-0.2, -0.15) is 10.4 Å². The Morgan fingerprint density at radius 3 is 2.80 bits per heavy atom. The fraction of sp³-hybridized carbons (Fsp3) is 0.292. The number of nitrogens with two attached hydrogens (primary N) is 1. The van der Waals surface area contributed by atoms with Crippen LogP contribution in [0.1, 0.15) is 47.3 Å². The van der Waals surface area contributed by atoms with Gasteiger partial charge in [-0.05, 0) is 38.1 Å². The summed E-state index contributed by atoms with van der Waals surface area (Å²) in [6.45, 7) is 3.28. The SMILES string of the molecule is C[C@@H](N)C(=O)Nc1ncc2cc1O[C@H](C)c1cc(F)ccc1C(=O)N(C)Cc1nn(C)c(C#N)c1-2. The Balaban J connectivity index is 1.96. The average Bonchev–Trinajstić information content (AvgIpc) is 3.13. The molecule has 0 unspecified atom stereocenters. The van der Waals surface area contributed by atoms with Crippen LogP contribution in [-0.2, 0) is 18.4 Å². The molecule has 1 aliphatic rings. The summed E-state index contributed by atoms with van der Waals surface area (Å²) in [5, 5.41) is 16.9. The number of amides is 2. The number of nitrogens with one attached hydrogen (secondary N) is 1. The molecule has 1 aliphatic heterocycles. The molecular weight excluding hydrogens is 453 g/mol. The number of nitriles is 1. The number of carbonyl (C=O) groups excluding carboxylic acids is 2. The van der Waals surface area contributed by atoms with E-state index >= 15 is 0 Å². The second-order valence-corrected chi connectivity index (χ2v) is 8.41. The van der Waals surface area contributed by atoms with Crippen molar-refractivity contribution in [1.29, 1.82) is 5.26 Å². The number of rotatable bonds is 2. The van der Waals surface area contributed by atoms with E-state index in [-0.39, 0.29) is 35.3 Å². The Morgan fingerprint density at radius 1 is 1.37 bits per heavy atom. The fourth-order valence-corrected chi connectivity index (χ4v) is 3.94. The van der Waals surface area contributed by atoms with E-state index in [9.17, 15) is 19.2 Å². The highest BCUT2D eigenvalue weighted by Crippen LogP contribution is 2.36. The zero-order valence-electron chi connectivity index (χ0n) is 19.7. The molecule has 10 nitrogen and oxygen atoms in total. The summed E-state index contributed by atoms with van der Waals surface area (Å²) in [5.41, 5.74) is 8.01. The number of carbonyl (C=O) groups is 2. The van der Waals surface area contributed by atoms with Crippen molar-refractivity contribution in [2.45, 2.75) is 32.5 Å². The predicted molar refractivity (Wildman–Crippen MR) is 125 cm³/mol. The van der Waals surface area contributed by atoms with Crippen molar-refractivity contribution >= 4 is 17.6 Å². The Morgan fingerprint density at radius 2 is 2.11 bits per heavy atom. The fourth-order valence-electron chi connectivity index (χ4n) is 3.94. The second kappa shape index (κ2) is 9.15. The Bertz CT molecular complexity index is 1380. The molecule has 0 aliphatic carbocycles. The summed E-state index contributed by atoms with van der Waals surface area (Å²) < 4.78 is 21.7. The monoisotopic (exact) mass is 477 g/mol. The number of aryl methyl sites for hydroxylation is 1. The van der Waals surface area contributed by atoms with Gasteiger partial charge in [0.1, 0.15) is 23.7 Å². The van der Waals surface area contributed by atoms with Crippen LogP contribution in [0.4, 0.5) is 10.2 Å². The van der Waals surface area contributed by atoms with Gasteiger partial charge < -0.3 is 20.7 Å².